The molecule has 0 saturated carbocycles. The normalized spacial score (nSPS) is 8.46. The van der Waals surface area contributed by atoms with Crippen LogP contribution >= 0.6 is 0 Å². The first-order chi connectivity index (χ1) is 16.3. The van der Waals surface area contributed by atoms with Crippen LogP contribution in [-0.4, -0.2) is 39.9 Å². The Balaban J connectivity index is 0.000000528. The zero-order valence-corrected chi connectivity index (χ0v) is 20.9. The summed E-state index contributed by atoms with van der Waals surface area (Å²) in [6.07, 6.45) is 3.29. The van der Waals surface area contributed by atoms with E-state index in [9.17, 15) is 0 Å². The molecular formula is C16H16N18Zn. The number of nitrogens with zero attached hydrogens (tertiary/aromatic N) is 14. The second-order valence-corrected chi connectivity index (χ2v) is 5.36. The van der Waals surface area contributed by atoms with Gasteiger partial charge in [0.2, 0.25) is 23.8 Å². The van der Waals surface area contributed by atoms with Crippen LogP contribution in [0.1, 0.15) is 0 Å². The van der Waals surface area contributed by atoms with E-state index in [0.29, 0.717) is 23.0 Å². The Labute approximate surface area is 209 Å². The van der Waals surface area contributed by atoms with Crippen LogP contribution in [0.3, 0.4) is 0 Å². The van der Waals surface area contributed by atoms with Crippen LogP contribution in [0.2, 0.25) is 0 Å². The van der Waals surface area contributed by atoms with Gasteiger partial charge in [0.15, 0.2) is 11.6 Å². The number of rotatable bonds is 2. The first-order valence-corrected chi connectivity index (χ1v) is 8.68. The molecular weight excluding hydrogens is 510 g/mol. The maximum atomic E-state index is 6.75. The summed E-state index contributed by atoms with van der Waals surface area (Å²) in [6.45, 7) is 0. The molecule has 0 aliphatic rings. The number of anilines is 4. The third-order valence-corrected chi connectivity index (χ3v) is 3.13. The maximum Gasteiger partial charge on any atom is 2.00 e. The van der Waals surface area contributed by atoms with E-state index in [-0.39, 0.29) is 43.3 Å². The van der Waals surface area contributed by atoms with Crippen molar-refractivity contribution in [1.82, 2.24) is 39.9 Å². The zero-order valence-electron chi connectivity index (χ0n) is 17.9. The molecule has 4 rings (SSSR count). The number of hydrogen-bond donors (Lipinski definition) is 4. The minimum absolute atomic E-state index is 0. The Kier molecular flexibility index (Phi) is 13.9. The van der Waals surface area contributed by atoms with Crippen LogP contribution in [-0.2, 0) is 19.5 Å². The van der Waals surface area contributed by atoms with Crippen molar-refractivity contribution in [2.75, 3.05) is 22.9 Å². The molecule has 0 fully saturated rings. The zero-order chi connectivity index (χ0) is 25.3. The minimum Gasteiger partial charge on any atom is -0.373 e. The molecule has 0 aromatic carbocycles. The average molecular weight is 526 g/mol. The van der Waals surface area contributed by atoms with E-state index in [1.54, 1.807) is 36.7 Å². The summed E-state index contributed by atoms with van der Waals surface area (Å²) in [4.78, 5) is 34.1. The quantitative estimate of drug-likeness (QED) is 0.126. The van der Waals surface area contributed by atoms with Crippen molar-refractivity contribution in [3.63, 3.8) is 0 Å². The summed E-state index contributed by atoms with van der Waals surface area (Å²) in [7, 11) is 0. The largest absolute Gasteiger partial charge is 2.00 e. The van der Waals surface area contributed by atoms with Crippen molar-refractivity contribution in [3.8, 4) is 23.0 Å². The van der Waals surface area contributed by atoms with Gasteiger partial charge in [0.05, 0.1) is 0 Å². The van der Waals surface area contributed by atoms with Crippen LogP contribution < -0.4 is 22.9 Å². The number of aromatic nitrogens is 8. The van der Waals surface area contributed by atoms with Crippen molar-refractivity contribution in [3.05, 3.63) is 80.7 Å². The molecule has 4 aromatic heterocycles. The molecule has 0 spiro atoms. The molecule has 18 nitrogen and oxygen atoms in total. The van der Waals surface area contributed by atoms with E-state index >= 15 is 0 Å². The third kappa shape index (κ3) is 11.3. The van der Waals surface area contributed by atoms with Gasteiger partial charge in [0.25, 0.3) is 0 Å². The number of pyridine rings is 2. The van der Waals surface area contributed by atoms with Gasteiger partial charge < -0.3 is 45.1 Å². The van der Waals surface area contributed by atoms with Gasteiger partial charge in [-0.1, -0.05) is 12.1 Å². The minimum atomic E-state index is 0. The smallest absolute Gasteiger partial charge is 0.373 e. The summed E-state index contributed by atoms with van der Waals surface area (Å²) >= 11 is 0. The topological polar surface area (TPSA) is 325 Å². The molecule has 4 heterocycles. The van der Waals surface area contributed by atoms with Gasteiger partial charge in [-0.15, -0.1) is 0 Å². The van der Waals surface area contributed by atoms with Crippen molar-refractivity contribution in [2.45, 2.75) is 0 Å². The van der Waals surface area contributed by atoms with Crippen molar-refractivity contribution in [2.24, 2.45) is 0 Å². The molecule has 0 aliphatic heterocycles. The first kappa shape index (κ1) is 29.8. The summed E-state index contributed by atoms with van der Waals surface area (Å²) in [5, 5.41) is 0. The van der Waals surface area contributed by atoms with E-state index in [0.717, 1.165) is 0 Å². The molecule has 8 N–H and O–H groups in total. The van der Waals surface area contributed by atoms with E-state index in [4.69, 9.17) is 45.1 Å². The van der Waals surface area contributed by atoms with Crippen LogP contribution in [0, 0.1) is 0 Å². The molecule has 35 heavy (non-hydrogen) atoms. The standard InChI is InChI=1S/2C8H8N6.2N3.Zn/c2*9-7-12-6(13-8(10)14-7)5-3-1-2-4-11-5;2*1-3-2;/h2*1-4H,(H4,9,10,12,13,14);;;/q;;2*-1;+2. The van der Waals surface area contributed by atoms with Gasteiger partial charge in [0.1, 0.15) is 11.4 Å². The SMILES string of the molecule is Nc1nc(N)nc(-c2ccccn2)n1.Nc1nc(N)nc(-c2ccccn2)n1.[N-]=[N+]=[N-].[N-]=[N+]=[N-].[Zn+2]. The Hall–Kier alpha value is -5.24. The molecule has 0 bridgehead atoms. The van der Waals surface area contributed by atoms with Gasteiger partial charge in [0, 0.05) is 12.4 Å². The van der Waals surface area contributed by atoms with Gasteiger partial charge >= 0.3 is 19.5 Å². The van der Waals surface area contributed by atoms with Crippen LogP contribution in [0.25, 0.3) is 55.0 Å². The van der Waals surface area contributed by atoms with Gasteiger partial charge in [-0.2, -0.15) is 29.9 Å². The summed E-state index contributed by atoms with van der Waals surface area (Å²) in [6, 6.07) is 10.8. The molecule has 172 valence electrons. The fourth-order valence-corrected chi connectivity index (χ4v) is 2.04. The van der Waals surface area contributed by atoms with Crippen LogP contribution in [0.15, 0.2) is 48.8 Å². The molecule has 0 unspecified atom stereocenters. The van der Waals surface area contributed by atoms with Gasteiger partial charge in [-0.25, -0.2) is 0 Å². The fraction of sp³-hybridized carbons (Fsp3) is 0. The van der Waals surface area contributed by atoms with E-state index < -0.39 is 0 Å². The van der Waals surface area contributed by atoms with E-state index in [2.05, 4.69) is 39.9 Å². The summed E-state index contributed by atoms with van der Waals surface area (Å²) < 4.78 is 0. The average Bonchev–Trinajstić information content (AvgIpc) is 2.81. The van der Waals surface area contributed by atoms with E-state index in [1.807, 2.05) is 12.1 Å². The Morgan fingerprint density at radius 2 is 0.800 bits per heavy atom. The molecule has 19 heteroatoms. The molecule has 0 saturated heterocycles. The van der Waals surface area contributed by atoms with Crippen molar-refractivity contribution < 1.29 is 19.5 Å². The summed E-state index contributed by atoms with van der Waals surface area (Å²) in [5.74, 6) is 1.15. The Morgan fingerprint density at radius 3 is 1.03 bits per heavy atom. The summed E-state index contributed by atoms with van der Waals surface area (Å²) in [5.41, 5.74) is 49.9. The predicted octanol–water partition coefficient (Wildman–Crippen LogP) is 1.93. The third-order valence-electron chi connectivity index (χ3n) is 3.13. The number of nitrogens with two attached hydrogens (primary N) is 4. The Bertz CT molecular complexity index is 1100. The Morgan fingerprint density at radius 1 is 0.514 bits per heavy atom. The molecule has 0 radical (unpaired) electrons. The molecule has 0 aliphatic carbocycles. The van der Waals surface area contributed by atoms with Crippen molar-refractivity contribution in [1.29, 1.82) is 0 Å². The fourth-order valence-electron chi connectivity index (χ4n) is 2.04. The predicted molar refractivity (Wildman–Crippen MR) is 124 cm³/mol. The second-order valence-electron chi connectivity index (χ2n) is 5.36. The number of nitrogen functional groups attached to an aromatic ring is 4. The van der Waals surface area contributed by atoms with Gasteiger partial charge in [-0.3, -0.25) is 19.8 Å². The molecule has 0 atom stereocenters. The van der Waals surface area contributed by atoms with Gasteiger partial charge in [-0.05, 0) is 24.3 Å². The first-order valence-electron chi connectivity index (χ1n) is 8.68. The number of hydrogen-bond acceptors (Lipinski definition) is 12. The maximum absolute atomic E-state index is 6.75. The van der Waals surface area contributed by atoms with E-state index in [1.165, 1.54) is 9.82 Å². The molecule has 4 aromatic rings. The second kappa shape index (κ2) is 16.4. The molecule has 0 amide bonds. The van der Waals surface area contributed by atoms with Crippen molar-refractivity contribution >= 4 is 23.8 Å². The van der Waals surface area contributed by atoms with Crippen LogP contribution in [0.4, 0.5) is 23.8 Å². The van der Waals surface area contributed by atoms with Crippen LogP contribution in [0.5, 0.6) is 0 Å². The monoisotopic (exact) mass is 524 g/mol.